The highest BCUT2D eigenvalue weighted by Crippen LogP contribution is 2.32. The van der Waals surface area contributed by atoms with Crippen molar-refractivity contribution in [2.75, 3.05) is 43.4 Å². The van der Waals surface area contributed by atoms with E-state index in [0.717, 1.165) is 17.0 Å². The standard InChI is InChI=1S/C20H24ClN3O2/c1-14-6-7-18(15(2)12-14)26-13-19(25)23-8-10-24(11-9-23)20-16(21)4-3-5-17(20)22/h3-7,12H,8-11,13,22H2,1-2H3. The Morgan fingerprint density at radius 3 is 2.54 bits per heavy atom. The molecule has 1 aliphatic rings. The Labute approximate surface area is 159 Å². The van der Waals surface area contributed by atoms with Crippen LogP contribution in [-0.4, -0.2) is 43.6 Å². The van der Waals surface area contributed by atoms with Crippen molar-refractivity contribution in [2.45, 2.75) is 13.8 Å². The number of rotatable bonds is 4. The molecule has 2 aromatic rings. The molecule has 0 atom stereocenters. The average molecular weight is 374 g/mol. The van der Waals surface area contributed by atoms with Crippen molar-refractivity contribution < 1.29 is 9.53 Å². The highest BCUT2D eigenvalue weighted by atomic mass is 35.5. The Kier molecular flexibility index (Phi) is 5.57. The van der Waals surface area contributed by atoms with Gasteiger partial charge in [-0.3, -0.25) is 4.79 Å². The lowest BCUT2D eigenvalue weighted by Crippen LogP contribution is -2.50. The number of piperazine rings is 1. The number of para-hydroxylation sites is 1. The number of hydrogen-bond donors (Lipinski definition) is 1. The van der Waals surface area contributed by atoms with Gasteiger partial charge in [0.25, 0.3) is 5.91 Å². The van der Waals surface area contributed by atoms with Crippen LogP contribution in [0.2, 0.25) is 5.02 Å². The number of anilines is 2. The van der Waals surface area contributed by atoms with Crippen LogP contribution in [0.25, 0.3) is 0 Å². The monoisotopic (exact) mass is 373 g/mol. The summed E-state index contributed by atoms with van der Waals surface area (Å²) in [5.41, 5.74) is 9.79. The second kappa shape index (κ2) is 7.87. The molecule has 2 N–H and O–H groups in total. The molecular weight excluding hydrogens is 350 g/mol. The fraction of sp³-hybridized carbons (Fsp3) is 0.350. The van der Waals surface area contributed by atoms with Gasteiger partial charge in [-0.1, -0.05) is 35.4 Å². The number of carbonyl (C=O) groups excluding carboxylic acids is 1. The molecule has 1 saturated heterocycles. The lowest BCUT2D eigenvalue weighted by molar-refractivity contribution is -0.133. The van der Waals surface area contributed by atoms with Gasteiger partial charge in [0.15, 0.2) is 6.61 Å². The smallest absolute Gasteiger partial charge is 0.260 e. The van der Waals surface area contributed by atoms with Crippen molar-refractivity contribution in [3.05, 3.63) is 52.5 Å². The summed E-state index contributed by atoms with van der Waals surface area (Å²) in [6, 6.07) is 11.5. The molecule has 0 radical (unpaired) electrons. The second-order valence-electron chi connectivity index (χ2n) is 6.60. The summed E-state index contributed by atoms with van der Waals surface area (Å²) in [6.07, 6.45) is 0. The highest BCUT2D eigenvalue weighted by molar-refractivity contribution is 6.34. The molecule has 0 spiro atoms. The normalized spacial score (nSPS) is 14.4. The number of nitrogens with two attached hydrogens (primary N) is 1. The van der Waals surface area contributed by atoms with E-state index in [4.69, 9.17) is 22.1 Å². The van der Waals surface area contributed by atoms with Gasteiger partial charge >= 0.3 is 0 Å². The Hall–Kier alpha value is -2.40. The van der Waals surface area contributed by atoms with Gasteiger partial charge in [0, 0.05) is 26.2 Å². The first-order valence-corrected chi connectivity index (χ1v) is 9.10. The van der Waals surface area contributed by atoms with Crippen molar-refractivity contribution in [1.29, 1.82) is 0 Å². The maximum Gasteiger partial charge on any atom is 0.260 e. The largest absolute Gasteiger partial charge is 0.484 e. The lowest BCUT2D eigenvalue weighted by atomic mass is 10.1. The Morgan fingerprint density at radius 1 is 1.15 bits per heavy atom. The van der Waals surface area contributed by atoms with Crippen LogP contribution in [0.4, 0.5) is 11.4 Å². The number of nitrogen functional groups attached to an aromatic ring is 1. The third-order valence-electron chi connectivity index (χ3n) is 4.65. The maximum atomic E-state index is 12.5. The molecule has 138 valence electrons. The lowest BCUT2D eigenvalue weighted by Gasteiger charge is -2.37. The van der Waals surface area contributed by atoms with Crippen LogP contribution < -0.4 is 15.4 Å². The van der Waals surface area contributed by atoms with Gasteiger partial charge in [-0.15, -0.1) is 0 Å². The minimum Gasteiger partial charge on any atom is -0.484 e. The van der Waals surface area contributed by atoms with E-state index in [1.807, 2.05) is 55.1 Å². The van der Waals surface area contributed by atoms with Gasteiger partial charge in [-0.2, -0.15) is 0 Å². The van der Waals surface area contributed by atoms with Crippen LogP contribution in [0.15, 0.2) is 36.4 Å². The molecule has 26 heavy (non-hydrogen) atoms. The topological polar surface area (TPSA) is 58.8 Å². The van der Waals surface area contributed by atoms with Crippen LogP contribution in [-0.2, 0) is 4.79 Å². The first-order valence-electron chi connectivity index (χ1n) is 8.72. The number of carbonyl (C=O) groups is 1. The predicted molar refractivity (Wildman–Crippen MR) is 106 cm³/mol. The Bertz CT molecular complexity index is 781. The SMILES string of the molecule is Cc1ccc(OCC(=O)N2CCN(c3c(N)cccc3Cl)CC2)c(C)c1. The molecule has 2 aromatic carbocycles. The molecule has 6 heteroatoms. The van der Waals surface area contributed by atoms with Gasteiger partial charge in [0.05, 0.1) is 16.4 Å². The highest BCUT2D eigenvalue weighted by Gasteiger charge is 2.24. The van der Waals surface area contributed by atoms with Crippen molar-refractivity contribution in [2.24, 2.45) is 0 Å². The number of amides is 1. The van der Waals surface area contributed by atoms with Crippen molar-refractivity contribution in [1.82, 2.24) is 4.90 Å². The van der Waals surface area contributed by atoms with Gasteiger partial charge < -0.3 is 20.3 Å². The van der Waals surface area contributed by atoms with Gasteiger partial charge in [0.1, 0.15) is 5.75 Å². The van der Waals surface area contributed by atoms with E-state index in [0.29, 0.717) is 36.9 Å². The number of nitrogens with zero attached hydrogens (tertiary/aromatic N) is 2. The van der Waals surface area contributed by atoms with E-state index in [-0.39, 0.29) is 12.5 Å². The van der Waals surface area contributed by atoms with Gasteiger partial charge in [-0.25, -0.2) is 0 Å². The Morgan fingerprint density at radius 2 is 1.88 bits per heavy atom. The number of aryl methyl sites for hydroxylation is 2. The molecule has 0 saturated carbocycles. The number of ether oxygens (including phenoxy) is 1. The maximum absolute atomic E-state index is 12.5. The van der Waals surface area contributed by atoms with E-state index in [9.17, 15) is 4.79 Å². The zero-order valence-electron chi connectivity index (χ0n) is 15.2. The first-order chi connectivity index (χ1) is 12.5. The summed E-state index contributed by atoms with van der Waals surface area (Å²) < 4.78 is 5.71. The minimum atomic E-state index is -0.00300. The van der Waals surface area contributed by atoms with Crippen LogP contribution in [0, 0.1) is 13.8 Å². The molecule has 1 heterocycles. The summed E-state index contributed by atoms with van der Waals surface area (Å²) in [6.45, 7) is 6.72. The molecule has 1 aliphatic heterocycles. The average Bonchev–Trinajstić information content (AvgIpc) is 2.61. The fourth-order valence-corrected chi connectivity index (χ4v) is 3.54. The summed E-state index contributed by atoms with van der Waals surface area (Å²) in [4.78, 5) is 16.4. The second-order valence-corrected chi connectivity index (χ2v) is 7.01. The number of hydrogen-bond acceptors (Lipinski definition) is 4. The van der Waals surface area contributed by atoms with Crippen molar-refractivity contribution in [3.63, 3.8) is 0 Å². The van der Waals surface area contributed by atoms with Crippen LogP contribution in [0.1, 0.15) is 11.1 Å². The van der Waals surface area contributed by atoms with E-state index in [1.54, 1.807) is 0 Å². The molecule has 1 amide bonds. The molecule has 1 fully saturated rings. The van der Waals surface area contributed by atoms with Crippen LogP contribution >= 0.6 is 11.6 Å². The summed E-state index contributed by atoms with van der Waals surface area (Å²) in [5, 5.41) is 0.642. The van der Waals surface area contributed by atoms with Crippen LogP contribution in [0.5, 0.6) is 5.75 Å². The quantitative estimate of drug-likeness (QED) is 0.835. The van der Waals surface area contributed by atoms with Gasteiger partial charge in [0.2, 0.25) is 0 Å². The third kappa shape index (κ3) is 4.05. The zero-order chi connectivity index (χ0) is 18.7. The predicted octanol–water partition coefficient (Wildman–Crippen LogP) is 3.27. The molecule has 0 aliphatic carbocycles. The molecule has 0 unspecified atom stereocenters. The molecule has 0 aromatic heterocycles. The summed E-state index contributed by atoms with van der Waals surface area (Å²) >= 11 is 6.28. The first kappa shape index (κ1) is 18.4. The third-order valence-corrected chi connectivity index (χ3v) is 4.95. The van der Waals surface area contributed by atoms with E-state index in [2.05, 4.69) is 4.90 Å². The fourth-order valence-electron chi connectivity index (χ4n) is 3.24. The van der Waals surface area contributed by atoms with E-state index < -0.39 is 0 Å². The summed E-state index contributed by atoms with van der Waals surface area (Å²) in [5.74, 6) is 0.753. The molecule has 5 nitrogen and oxygen atoms in total. The van der Waals surface area contributed by atoms with E-state index >= 15 is 0 Å². The van der Waals surface area contributed by atoms with Crippen LogP contribution in [0.3, 0.4) is 0 Å². The Balaban J connectivity index is 1.55. The molecule has 3 rings (SSSR count). The van der Waals surface area contributed by atoms with E-state index in [1.165, 1.54) is 5.56 Å². The van der Waals surface area contributed by atoms with Gasteiger partial charge in [-0.05, 0) is 37.6 Å². The minimum absolute atomic E-state index is 0.00300. The molecule has 0 bridgehead atoms. The summed E-state index contributed by atoms with van der Waals surface area (Å²) in [7, 11) is 0. The number of halogens is 1. The van der Waals surface area contributed by atoms with Crippen molar-refractivity contribution in [3.8, 4) is 5.75 Å². The zero-order valence-corrected chi connectivity index (χ0v) is 15.9. The van der Waals surface area contributed by atoms with Crippen molar-refractivity contribution >= 4 is 28.9 Å². The number of benzene rings is 2. The molecular formula is C20H24ClN3O2.